The maximum Gasteiger partial charge on any atom is 0.343 e. The highest BCUT2D eigenvalue weighted by molar-refractivity contribution is 5.79. The number of esters is 1. The number of nitrogens with one attached hydrogen (secondary N) is 1. The normalized spacial score (nSPS) is 24.8. The Bertz CT molecular complexity index is 481. The molecule has 1 aliphatic carbocycles. The summed E-state index contributed by atoms with van der Waals surface area (Å²) in [7, 11) is 1.64. The topological polar surface area (TPSA) is 47.6 Å². The van der Waals surface area contributed by atoms with Gasteiger partial charge < -0.3 is 14.8 Å². The molecule has 0 bridgehead atoms. The molecule has 0 aromatic heterocycles. The molecule has 0 amide bonds. The summed E-state index contributed by atoms with van der Waals surface area (Å²) in [5.74, 6) is 0.127. The van der Waals surface area contributed by atoms with Gasteiger partial charge in [0.25, 0.3) is 0 Å². The summed E-state index contributed by atoms with van der Waals surface area (Å²) < 4.78 is 24.4. The zero-order valence-corrected chi connectivity index (χ0v) is 13.2. The number of ether oxygens (including phenoxy) is 2. The van der Waals surface area contributed by atoms with Gasteiger partial charge in [-0.15, -0.1) is 0 Å². The van der Waals surface area contributed by atoms with Crippen molar-refractivity contribution in [2.45, 2.75) is 50.9 Å². The maximum absolute atomic E-state index is 14.5. The smallest absolute Gasteiger partial charge is 0.343 e. The third-order valence-corrected chi connectivity index (χ3v) is 4.17. The van der Waals surface area contributed by atoms with Crippen molar-refractivity contribution in [1.82, 2.24) is 5.32 Å². The molecule has 1 N–H and O–H groups in total. The highest BCUT2D eigenvalue weighted by atomic mass is 19.1. The lowest BCUT2D eigenvalue weighted by atomic mass is 9.83. The number of benzene rings is 1. The van der Waals surface area contributed by atoms with Crippen molar-refractivity contribution in [3.63, 3.8) is 0 Å². The second-order valence-corrected chi connectivity index (χ2v) is 5.69. The minimum atomic E-state index is -1.80. The molecule has 0 aliphatic heterocycles. The van der Waals surface area contributed by atoms with E-state index >= 15 is 0 Å². The van der Waals surface area contributed by atoms with E-state index in [-0.39, 0.29) is 25.5 Å². The molecule has 0 heterocycles. The number of halogens is 1. The van der Waals surface area contributed by atoms with Crippen LogP contribution in [0.2, 0.25) is 0 Å². The highest BCUT2D eigenvalue weighted by Crippen LogP contribution is 2.33. The average molecular weight is 309 g/mol. The molecular weight excluding hydrogens is 285 g/mol. The van der Waals surface area contributed by atoms with E-state index in [0.717, 1.165) is 17.9 Å². The maximum atomic E-state index is 14.5. The number of rotatable bonds is 6. The largest absolute Gasteiger partial charge is 0.497 e. The molecule has 22 heavy (non-hydrogen) atoms. The lowest BCUT2D eigenvalue weighted by Gasteiger charge is -2.32. The number of carbonyl (C=O) groups excluding carboxylic acids is 1. The third kappa shape index (κ3) is 4.19. The Morgan fingerprint density at radius 2 is 1.95 bits per heavy atom. The van der Waals surface area contributed by atoms with Crippen LogP contribution in [0.5, 0.6) is 5.75 Å². The summed E-state index contributed by atoms with van der Waals surface area (Å²) in [4.78, 5) is 11.6. The van der Waals surface area contributed by atoms with Crippen LogP contribution < -0.4 is 10.1 Å². The summed E-state index contributed by atoms with van der Waals surface area (Å²) in [5.41, 5.74) is -0.642. The van der Waals surface area contributed by atoms with Gasteiger partial charge in [-0.1, -0.05) is 12.1 Å². The fourth-order valence-electron chi connectivity index (χ4n) is 2.75. The van der Waals surface area contributed by atoms with E-state index in [0.29, 0.717) is 12.8 Å². The minimum Gasteiger partial charge on any atom is -0.497 e. The van der Waals surface area contributed by atoms with Crippen molar-refractivity contribution < 1.29 is 18.7 Å². The van der Waals surface area contributed by atoms with Crippen molar-refractivity contribution in [3.8, 4) is 5.75 Å². The Balaban J connectivity index is 1.78. The second-order valence-electron chi connectivity index (χ2n) is 5.69. The lowest BCUT2D eigenvalue weighted by Crippen LogP contribution is -2.44. The second kappa shape index (κ2) is 7.58. The molecule has 0 radical (unpaired) electrons. The van der Waals surface area contributed by atoms with Gasteiger partial charge in [-0.3, -0.25) is 0 Å². The van der Waals surface area contributed by atoms with Gasteiger partial charge in [0.15, 0.2) is 0 Å². The van der Waals surface area contributed by atoms with Crippen molar-refractivity contribution in [1.29, 1.82) is 0 Å². The number of hydrogen-bond donors (Lipinski definition) is 1. The molecule has 1 aromatic carbocycles. The Morgan fingerprint density at radius 3 is 2.50 bits per heavy atom. The zero-order chi connectivity index (χ0) is 16.0. The van der Waals surface area contributed by atoms with E-state index in [2.05, 4.69) is 5.32 Å². The van der Waals surface area contributed by atoms with E-state index in [1.165, 1.54) is 0 Å². The number of methoxy groups -OCH3 is 1. The summed E-state index contributed by atoms with van der Waals surface area (Å²) in [6, 6.07) is 8.09. The summed E-state index contributed by atoms with van der Waals surface area (Å²) in [6.07, 6.45) is 1.75. The van der Waals surface area contributed by atoms with Crippen LogP contribution in [0.3, 0.4) is 0 Å². The van der Waals surface area contributed by atoms with Gasteiger partial charge in [-0.25, -0.2) is 9.18 Å². The molecule has 0 saturated heterocycles. The van der Waals surface area contributed by atoms with Gasteiger partial charge in [-0.2, -0.15) is 0 Å². The molecule has 122 valence electrons. The minimum absolute atomic E-state index is 0.226. The van der Waals surface area contributed by atoms with E-state index < -0.39 is 11.6 Å². The van der Waals surface area contributed by atoms with Gasteiger partial charge >= 0.3 is 5.97 Å². The van der Waals surface area contributed by atoms with Crippen LogP contribution in [0.25, 0.3) is 0 Å². The molecule has 1 saturated carbocycles. The molecule has 0 atom stereocenters. The quantitative estimate of drug-likeness (QED) is 0.821. The van der Waals surface area contributed by atoms with E-state index in [9.17, 15) is 9.18 Å². The molecule has 0 unspecified atom stereocenters. The summed E-state index contributed by atoms with van der Waals surface area (Å²) in [6.45, 7) is 2.65. The van der Waals surface area contributed by atoms with E-state index in [4.69, 9.17) is 9.47 Å². The third-order valence-electron chi connectivity index (χ3n) is 4.17. The van der Waals surface area contributed by atoms with Crippen LogP contribution in [-0.2, 0) is 16.1 Å². The van der Waals surface area contributed by atoms with E-state index in [1.54, 1.807) is 14.0 Å². The predicted molar refractivity (Wildman–Crippen MR) is 82.6 cm³/mol. The van der Waals surface area contributed by atoms with Crippen LogP contribution in [0.15, 0.2) is 24.3 Å². The predicted octanol–water partition coefficient (Wildman–Crippen LogP) is 3.00. The fraction of sp³-hybridized carbons (Fsp3) is 0.588. The van der Waals surface area contributed by atoms with Crippen LogP contribution in [-0.4, -0.2) is 31.4 Å². The molecule has 4 nitrogen and oxygen atoms in total. The number of alkyl halides is 1. The standard InChI is InChI=1S/C17H24FNO3/c1-3-22-16(20)17(18)10-8-14(9-11-17)19-12-13-4-6-15(21-2)7-5-13/h4-7,14,19H,3,8-12H2,1-2H3. The first-order chi connectivity index (χ1) is 10.6. The molecule has 0 spiro atoms. The van der Waals surface area contributed by atoms with Gasteiger partial charge in [0.1, 0.15) is 5.75 Å². The molecule has 1 aliphatic rings. The highest BCUT2D eigenvalue weighted by Gasteiger charge is 2.43. The Morgan fingerprint density at radius 1 is 1.32 bits per heavy atom. The van der Waals surface area contributed by atoms with Crippen molar-refractivity contribution in [2.24, 2.45) is 0 Å². The first-order valence-corrected chi connectivity index (χ1v) is 7.80. The van der Waals surface area contributed by atoms with Crippen LogP contribution in [0.4, 0.5) is 4.39 Å². The molecule has 1 fully saturated rings. The molecule has 2 rings (SSSR count). The lowest BCUT2D eigenvalue weighted by molar-refractivity contribution is -0.160. The molecule has 5 heteroatoms. The molecule has 1 aromatic rings. The monoisotopic (exact) mass is 309 g/mol. The van der Waals surface area contributed by atoms with Gasteiger partial charge in [0.2, 0.25) is 5.67 Å². The van der Waals surface area contributed by atoms with Crippen LogP contribution in [0, 0.1) is 0 Å². The molecular formula is C17H24FNO3. The Labute approximate surface area is 131 Å². The van der Waals surface area contributed by atoms with Crippen LogP contribution in [0.1, 0.15) is 38.2 Å². The van der Waals surface area contributed by atoms with Gasteiger partial charge in [0.05, 0.1) is 13.7 Å². The van der Waals surface area contributed by atoms with Crippen molar-refractivity contribution in [3.05, 3.63) is 29.8 Å². The first-order valence-electron chi connectivity index (χ1n) is 7.80. The SMILES string of the molecule is CCOC(=O)C1(F)CCC(NCc2ccc(OC)cc2)CC1. The summed E-state index contributed by atoms with van der Waals surface area (Å²) >= 11 is 0. The van der Waals surface area contributed by atoms with Crippen molar-refractivity contribution in [2.75, 3.05) is 13.7 Å². The summed E-state index contributed by atoms with van der Waals surface area (Å²) in [5, 5.41) is 3.42. The Kier molecular flexibility index (Phi) is 5.77. The van der Waals surface area contributed by atoms with E-state index in [1.807, 2.05) is 24.3 Å². The van der Waals surface area contributed by atoms with Crippen molar-refractivity contribution >= 4 is 5.97 Å². The number of carbonyl (C=O) groups is 1. The fourth-order valence-corrected chi connectivity index (χ4v) is 2.75. The zero-order valence-electron chi connectivity index (χ0n) is 13.2. The van der Waals surface area contributed by atoms with Crippen LogP contribution >= 0.6 is 0 Å². The van der Waals surface area contributed by atoms with Gasteiger partial charge in [-0.05, 0) is 50.3 Å². The average Bonchev–Trinajstić information content (AvgIpc) is 2.55. The van der Waals surface area contributed by atoms with Gasteiger partial charge in [0, 0.05) is 12.6 Å². The first kappa shape index (κ1) is 16.7. The number of hydrogen-bond acceptors (Lipinski definition) is 4. The Hall–Kier alpha value is -1.62.